The van der Waals surface area contributed by atoms with E-state index in [4.69, 9.17) is 9.47 Å². The van der Waals surface area contributed by atoms with E-state index >= 15 is 0 Å². The van der Waals surface area contributed by atoms with E-state index in [2.05, 4.69) is 75.0 Å². The zero-order valence-corrected chi connectivity index (χ0v) is 20.8. The molecule has 182 valence electrons. The number of hydrogen-bond acceptors (Lipinski definition) is 6. The fourth-order valence-electron chi connectivity index (χ4n) is 4.73. The zero-order valence-electron chi connectivity index (χ0n) is 20.0. The predicted octanol–water partition coefficient (Wildman–Crippen LogP) is 4.50. The van der Waals surface area contributed by atoms with Gasteiger partial charge in [0.25, 0.3) is 0 Å². The standard InChI is InChI=1S/C27H29N5O2.ClH/c1-33-24-13-12-22(18-25(24)34-2)26(31-16-15-21-10-6-7-11-23(21)19-31)27-28-29-30-32(27)17-14-20-8-4-3-5-9-20;/h3-13,18,26H,14-17,19H2,1-2H3;1H. The molecule has 0 fully saturated rings. The monoisotopic (exact) mass is 491 g/mol. The van der Waals surface area contributed by atoms with Crippen LogP contribution in [0, 0.1) is 0 Å². The molecule has 1 aliphatic rings. The fourth-order valence-corrected chi connectivity index (χ4v) is 4.73. The molecule has 1 atom stereocenters. The molecule has 0 aliphatic carbocycles. The first-order valence-corrected chi connectivity index (χ1v) is 11.6. The smallest absolute Gasteiger partial charge is 0.173 e. The molecule has 35 heavy (non-hydrogen) atoms. The van der Waals surface area contributed by atoms with E-state index in [0.717, 1.165) is 37.3 Å². The Bertz CT molecular complexity index is 1250. The Balaban J connectivity index is 0.00000289. The lowest BCUT2D eigenvalue weighted by molar-refractivity contribution is 0.194. The summed E-state index contributed by atoms with van der Waals surface area (Å²) in [5.74, 6) is 2.24. The van der Waals surface area contributed by atoms with Gasteiger partial charge in [-0.15, -0.1) is 17.5 Å². The minimum atomic E-state index is -0.112. The Morgan fingerprint density at radius 1 is 0.886 bits per heavy atom. The van der Waals surface area contributed by atoms with Gasteiger partial charge in [-0.2, -0.15) is 0 Å². The zero-order chi connectivity index (χ0) is 23.3. The third-order valence-electron chi connectivity index (χ3n) is 6.51. The summed E-state index contributed by atoms with van der Waals surface area (Å²) in [6.07, 6.45) is 1.85. The Morgan fingerprint density at radius 3 is 2.40 bits per heavy atom. The van der Waals surface area contributed by atoms with Crippen LogP contribution in [0.25, 0.3) is 0 Å². The molecule has 0 amide bonds. The fraction of sp³-hybridized carbons (Fsp3) is 0.296. The summed E-state index contributed by atoms with van der Waals surface area (Å²) in [5, 5.41) is 13.0. The van der Waals surface area contributed by atoms with Gasteiger partial charge >= 0.3 is 0 Å². The van der Waals surface area contributed by atoms with Crippen molar-refractivity contribution in [3.8, 4) is 11.5 Å². The minimum Gasteiger partial charge on any atom is -0.493 e. The lowest BCUT2D eigenvalue weighted by Gasteiger charge is -2.35. The van der Waals surface area contributed by atoms with E-state index in [1.54, 1.807) is 14.2 Å². The van der Waals surface area contributed by atoms with E-state index in [-0.39, 0.29) is 18.4 Å². The second-order valence-corrected chi connectivity index (χ2v) is 8.50. The van der Waals surface area contributed by atoms with Crippen molar-refractivity contribution in [2.24, 2.45) is 0 Å². The molecule has 8 heteroatoms. The molecule has 0 radical (unpaired) electrons. The molecule has 0 spiro atoms. The van der Waals surface area contributed by atoms with E-state index < -0.39 is 0 Å². The number of halogens is 1. The Labute approximate surface area is 212 Å². The first kappa shape index (κ1) is 24.7. The molecule has 1 aromatic heterocycles. The maximum atomic E-state index is 5.62. The molecule has 7 nitrogen and oxygen atoms in total. The molecule has 0 bridgehead atoms. The van der Waals surface area contributed by atoms with Crippen molar-refractivity contribution in [3.05, 3.63) is 101 Å². The first-order valence-electron chi connectivity index (χ1n) is 11.6. The summed E-state index contributed by atoms with van der Waals surface area (Å²) >= 11 is 0. The van der Waals surface area contributed by atoms with Crippen LogP contribution in [0.2, 0.25) is 0 Å². The summed E-state index contributed by atoms with van der Waals surface area (Å²) in [7, 11) is 3.32. The number of hydrogen-bond donors (Lipinski definition) is 0. The summed E-state index contributed by atoms with van der Waals surface area (Å²) < 4.78 is 13.0. The highest BCUT2D eigenvalue weighted by molar-refractivity contribution is 5.85. The molecular weight excluding hydrogens is 462 g/mol. The average molecular weight is 492 g/mol. The van der Waals surface area contributed by atoms with Crippen molar-refractivity contribution in [2.45, 2.75) is 32.0 Å². The van der Waals surface area contributed by atoms with Gasteiger partial charge in [0.05, 0.1) is 20.3 Å². The molecule has 2 heterocycles. The molecule has 5 rings (SSSR count). The van der Waals surface area contributed by atoms with Crippen molar-refractivity contribution in [3.63, 3.8) is 0 Å². The molecule has 0 saturated heterocycles. The number of tetrazole rings is 1. The van der Waals surface area contributed by atoms with Crippen LogP contribution in [0.3, 0.4) is 0 Å². The lowest BCUT2D eigenvalue weighted by atomic mass is 9.95. The molecule has 1 unspecified atom stereocenters. The van der Waals surface area contributed by atoms with E-state index in [1.165, 1.54) is 16.7 Å². The van der Waals surface area contributed by atoms with Crippen LogP contribution < -0.4 is 9.47 Å². The lowest BCUT2D eigenvalue weighted by Crippen LogP contribution is -2.36. The third kappa shape index (κ3) is 5.31. The molecule has 4 aromatic rings. The summed E-state index contributed by atoms with van der Waals surface area (Å²) in [4.78, 5) is 2.45. The second-order valence-electron chi connectivity index (χ2n) is 8.50. The molecule has 1 aliphatic heterocycles. The van der Waals surface area contributed by atoms with Crippen LogP contribution in [-0.4, -0.2) is 45.9 Å². The van der Waals surface area contributed by atoms with Crippen molar-refractivity contribution >= 4 is 12.4 Å². The largest absolute Gasteiger partial charge is 0.493 e. The van der Waals surface area contributed by atoms with Gasteiger partial charge in [-0.3, -0.25) is 4.90 Å². The number of ether oxygens (including phenoxy) is 2. The molecule has 0 saturated carbocycles. The number of nitrogens with zero attached hydrogens (tertiary/aromatic N) is 5. The number of benzene rings is 3. The molecule has 3 aromatic carbocycles. The maximum absolute atomic E-state index is 5.62. The normalized spacial score (nSPS) is 14.0. The van der Waals surface area contributed by atoms with Crippen LogP contribution in [0.4, 0.5) is 0 Å². The van der Waals surface area contributed by atoms with Gasteiger partial charge in [0.2, 0.25) is 0 Å². The highest BCUT2D eigenvalue weighted by Crippen LogP contribution is 2.36. The van der Waals surface area contributed by atoms with Crippen molar-refractivity contribution in [2.75, 3.05) is 20.8 Å². The summed E-state index contributed by atoms with van der Waals surface area (Å²) in [6.45, 7) is 2.46. The Hall–Kier alpha value is -3.42. The number of aryl methyl sites for hydroxylation is 2. The van der Waals surface area contributed by atoms with Crippen LogP contribution in [-0.2, 0) is 25.9 Å². The summed E-state index contributed by atoms with van der Waals surface area (Å²) in [6, 6.07) is 25.1. The predicted molar refractivity (Wildman–Crippen MR) is 137 cm³/mol. The third-order valence-corrected chi connectivity index (χ3v) is 6.51. The number of fused-ring (bicyclic) bond motifs is 1. The Morgan fingerprint density at radius 2 is 1.63 bits per heavy atom. The van der Waals surface area contributed by atoms with Crippen molar-refractivity contribution in [1.29, 1.82) is 0 Å². The van der Waals surface area contributed by atoms with Gasteiger partial charge in [0.15, 0.2) is 17.3 Å². The number of methoxy groups -OCH3 is 2. The second kappa shape index (κ2) is 11.3. The van der Waals surface area contributed by atoms with E-state index in [1.807, 2.05) is 22.9 Å². The van der Waals surface area contributed by atoms with Gasteiger partial charge in [-0.05, 0) is 57.7 Å². The number of rotatable bonds is 8. The highest BCUT2D eigenvalue weighted by Gasteiger charge is 2.31. The minimum absolute atomic E-state index is 0. The van der Waals surface area contributed by atoms with Crippen LogP contribution >= 0.6 is 12.4 Å². The highest BCUT2D eigenvalue weighted by atomic mass is 35.5. The van der Waals surface area contributed by atoms with Gasteiger partial charge in [0.1, 0.15) is 0 Å². The van der Waals surface area contributed by atoms with Crippen LogP contribution in [0.5, 0.6) is 11.5 Å². The average Bonchev–Trinajstić information content (AvgIpc) is 3.36. The SMILES string of the molecule is COc1ccc(C(c2nnnn2CCc2ccccc2)N2CCc3ccccc3C2)cc1OC.Cl. The van der Waals surface area contributed by atoms with Gasteiger partial charge in [-0.25, -0.2) is 4.68 Å². The van der Waals surface area contributed by atoms with Crippen LogP contribution in [0.1, 0.15) is 34.1 Å². The quantitative estimate of drug-likeness (QED) is 0.361. The molecular formula is C27H30ClN5O2. The Kier molecular flexibility index (Phi) is 8.00. The molecule has 0 N–H and O–H groups in total. The first-order chi connectivity index (χ1) is 16.8. The number of aromatic nitrogens is 4. The van der Waals surface area contributed by atoms with E-state index in [9.17, 15) is 0 Å². The summed E-state index contributed by atoms with van der Waals surface area (Å²) in [5.41, 5.74) is 5.10. The van der Waals surface area contributed by atoms with Crippen molar-refractivity contribution < 1.29 is 9.47 Å². The van der Waals surface area contributed by atoms with Gasteiger partial charge in [-0.1, -0.05) is 60.7 Å². The van der Waals surface area contributed by atoms with Gasteiger partial charge in [0, 0.05) is 19.6 Å². The van der Waals surface area contributed by atoms with E-state index in [0.29, 0.717) is 18.0 Å². The topological polar surface area (TPSA) is 65.3 Å². The van der Waals surface area contributed by atoms with Gasteiger partial charge < -0.3 is 9.47 Å². The van der Waals surface area contributed by atoms with Crippen LogP contribution in [0.15, 0.2) is 72.8 Å². The van der Waals surface area contributed by atoms with Crippen molar-refractivity contribution in [1.82, 2.24) is 25.1 Å². The maximum Gasteiger partial charge on any atom is 0.173 e.